The first kappa shape index (κ1) is 34.7. The molecule has 4 atom stereocenters. The van der Waals surface area contributed by atoms with E-state index in [1.165, 1.54) is 4.31 Å². The third-order valence-electron chi connectivity index (χ3n) is 9.18. The molecule has 1 saturated heterocycles. The van der Waals surface area contributed by atoms with Crippen LogP contribution in [0.5, 0.6) is 11.5 Å². The number of ether oxygens (including phenoxy) is 4. The van der Waals surface area contributed by atoms with Gasteiger partial charge in [-0.15, -0.1) is 0 Å². The van der Waals surface area contributed by atoms with Gasteiger partial charge in [0.15, 0.2) is 0 Å². The van der Waals surface area contributed by atoms with E-state index >= 15 is 0 Å². The lowest BCUT2D eigenvalue weighted by Gasteiger charge is -2.44. The molecule has 2 heterocycles. The number of piperidine rings is 1. The number of hydrogen-bond acceptors (Lipinski definition) is 8. The molecule has 0 amide bonds. The van der Waals surface area contributed by atoms with Crippen LogP contribution in [0, 0.1) is 12.8 Å². The van der Waals surface area contributed by atoms with Crippen molar-refractivity contribution < 1.29 is 37.3 Å². The summed E-state index contributed by atoms with van der Waals surface area (Å²) in [6.07, 6.45) is 0.995. The van der Waals surface area contributed by atoms with Crippen molar-refractivity contribution in [3.05, 3.63) is 83.4 Å². The Kier molecular flexibility index (Phi) is 11.4. The average molecular weight is 667 g/mol. The number of carboxylic acid groups (broad SMARTS) is 1. The minimum atomic E-state index is -3.95. The van der Waals surface area contributed by atoms with Crippen molar-refractivity contribution in [2.45, 2.75) is 62.7 Å². The van der Waals surface area contributed by atoms with Gasteiger partial charge in [0.2, 0.25) is 10.0 Å². The zero-order valence-electron chi connectivity index (χ0n) is 27.6. The van der Waals surface area contributed by atoms with Gasteiger partial charge in [0.1, 0.15) is 18.1 Å². The second-order valence-corrected chi connectivity index (χ2v) is 14.4. The summed E-state index contributed by atoms with van der Waals surface area (Å²) in [5.41, 5.74) is 3.90. The predicted molar refractivity (Wildman–Crippen MR) is 180 cm³/mol. The molecule has 1 N–H and O–H groups in total. The maximum atomic E-state index is 14.2. The molecule has 0 bridgehead atoms. The molecule has 0 spiro atoms. The summed E-state index contributed by atoms with van der Waals surface area (Å²) in [6.45, 7) is 6.81. The van der Waals surface area contributed by atoms with Crippen molar-refractivity contribution >= 4 is 21.7 Å². The fourth-order valence-corrected chi connectivity index (χ4v) is 8.15. The van der Waals surface area contributed by atoms with Gasteiger partial charge >= 0.3 is 5.97 Å². The quantitative estimate of drug-likeness (QED) is 0.223. The summed E-state index contributed by atoms with van der Waals surface area (Å²) in [5, 5.41) is 9.79. The summed E-state index contributed by atoms with van der Waals surface area (Å²) in [6, 6.07) is 20.0. The fraction of sp³-hybridized carbons (Fsp3) is 0.472. The minimum absolute atomic E-state index is 0.0844. The van der Waals surface area contributed by atoms with Gasteiger partial charge in [-0.25, -0.2) is 8.42 Å². The molecule has 0 radical (unpaired) electrons. The number of rotatable bonds is 14. The van der Waals surface area contributed by atoms with Crippen molar-refractivity contribution in [2.24, 2.45) is 5.92 Å². The number of sulfonamides is 1. The van der Waals surface area contributed by atoms with Crippen molar-refractivity contribution in [1.29, 1.82) is 0 Å². The second kappa shape index (κ2) is 15.5. The van der Waals surface area contributed by atoms with Crippen LogP contribution in [0.4, 0.5) is 5.69 Å². The molecular formula is C36H46N2O8S. The lowest BCUT2D eigenvalue weighted by molar-refractivity contribution is -0.142. The van der Waals surface area contributed by atoms with E-state index in [2.05, 4.69) is 11.0 Å². The zero-order valence-corrected chi connectivity index (χ0v) is 28.4. The SMILES string of the molecule is COCCCN1CCOc2ccc(CO[C@H]3CN(S(=O)(=O)c4ccc(C)cc4)[C@@H](C[C@@H](C)C(=O)O)C[C@@H]3c3ccc(OC)cc3)cc21. The Morgan fingerprint density at radius 2 is 1.81 bits per heavy atom. The van der Waals surface area contributed by atoms with Crippen molar-refractivity contribution in [3.63, 3.8) is 0 Å². The first-order valence-electron chi connectivity index (χ1n) is 16.2. The van der Waals surface area contributed by atoms with Gasteiger partial charge in [0, 0.05) is 38.8 Å². The molecule has 2 aliphatic heterocycles. The zero-order chi connectivity index (χ0) is 33.6. The molecule has 5 rings (SSSR count). The number of aryl methyl sites for hydroxylation is 1. The van der Waals surface area contributed by atoms with Crippen LogP contribution in [0.3, 0.4) is 0 Å². The van der Waals surface area contributed by atoms with Crippen LogP contribution in [0.25, 0.3) is 0 Å². The molecule has 11 heteroatoms. The highest BCUT2D eigenvalue weighted by Crippen LogP contribution is 2.40. The third-order valence-corrected chi connectivity index (χ3v) is 11.1. The van der Waals surface area contributed by atoms with E-state index in [0.29, 0.717) is 25.4 Å². The minimum Gasteiger partial charge on any atom is -0.497 e. The number of carbonyl (C=O) groups is 1. The van der Waals surface area contributed by atoms with Crippen LogP contribution in [-0.4, -0.2) is 83.0 Å². The maximum Gasteiger partial charge on any atom is 0.306 e. The van der Waals surface area contributed by atoms with Crippen LogP contribution in [0.2, 0.25) is 0 Å². The van der Waals surface area contributed by atoms with Crippen LogP contribution < -0.4 is 14.4 Å². The monoisotopic (exact) mass is 666 g/mol. The van der Waals surface area contributed by atoms with E-state index in [4.69, 9.17) is 18.9 Å². The Morgan fingerprint density at radius 1 is 1.06 bits per heavy atom. The lowest BCUT2D eigenvalue weighted by atomic mass is 9.81. The van der Waals surface area contributed by atoms with Gasteiger partial charge < -0.3 is 29.0 Å². The van der Waals surface area contributed by atoms with Crippen molar-refractivity contribution in [1.82, 2.24) is 4.31 Å². The van der Waals surface area contributed by atoms with Gasteiger partial charge in [0.25, 0.3) is 0 Å². The standard InChI is InChI=1S/C36H46N2O8S/c1-25-6-13-31(14-7-25)47(41,42)38-23-35(32(22-29(38)20-26(2)36(39)40)28-9-11-30(44-4)12-10-28)46-24-27-8-15-34-33(21-27)37(17-19-45-34)16-5-18-43-3/h6-15,21,26,29,32,35H,5,16-20,22-24H2,1-4H3,(H,39,40)/t26-,29+,32-,35+/m1/s1. The van der Waals surface area contributed by atoms with Crippen molar-refractivity contribution in [3.8, 4) is 11.5 Å². The molecule has 1 fully saturated rings. The Morgan fingerprint density at radius 3 is 2.49 bits per heavy atom. The van der Waals surface area contributed by atoms with E-state index in [-0.39, 0.29) is 30.4 Å². The van der Waals surface area contributed by atoms with E-state index in [1.807, 2.05) is 43.3 Å². The third kappa shape index (κ3) is 8.27. The number of methoxy groups -OCH3 is 2. The molecule has 0 aliphatic carbocycles. The Hall–Kier alpha value is -3.64. The molecule has 10 nitrogen and oxygen atoms in total. The molecule has 0 unspecified atom stereocenters. The van der Waals surface area contributed by atoms with Gasteiger partial charge in [-0.3, -0.25) is 4.79 Å². The van der Waals surface area contributed by atoms with E-state index < -0.39 is 34.1 Å². The smallest absolute Gasteiger partial charge is 0.306 e. The number of carboxylic acids is 1. The molecule has 2 aliphatic rings. The molecule has 47 heavy (non-hydrogen) atoms. The van der Waals surface area contributed by atoms with Crippen LogP contribution in [0.15, 0.2) is 71.6 Å². The largest absolute Gasteiger partial charge is 0.497 e. The molecular weight excluding hydrogens is 620 g/mol. The lowest BCUT2D eigenvalue weighted by Crippen LogP contribution is -2.53. The topological polar surface area (TPSA) is 115 Å². The molecule has 3 aromatic rings. The number of aliphatic carboxylic acids is 1. The highest BCUT2D eigenvalue weighted by molar-refractivity contribution is 7.89. The normalized spacial score (nSPS) is 20.7. The second-order valence-electron chi connectivity index (χ2n) is 12.5. The Labute approximate surface area is 278 Å². The molecule has 0 aromatic heterocycles. The summed E-state index contributed by atoms with van der Waals surface area (Å²) in [7, 11) is -0.639. The first-order valence-corrected chi connectivity index (χ1v) is 17.6. The summed E-state index contributed by atoms with van der Waals surface area (Å²) >= 11 is 0. The van der Waals surface area contributed by atoms with Crippen LogP contribution in [-0.2, 0) is 30.9 Å². The summed E-state index contributed by atoms with van der Waals surface area (Å²) < 4.78 is 53.1. The number of fused-ring (bicyclic) bond motifs is 1. The molecule has 254 valence electrons. The van der Waals surface area contributed by atoms with E-state index in [1.54, 1.807) is 45.4 Å². The van der Waals surface area contributed by atoms with E-state index in [0.717, 1.165) is 47.6 Å². The first-order chi connectivity index (χ1) is 22.6. The van der Waals surface area contributed by atoms with Crippen molar-refractivity contribution in [2.75, 3.05) is 52.0 Å². The highest BCUT2D eigenvalue weighted by Gasteiger charge is 2.44. The Bertz CT molecular complexity index is 1600. The van der Waals surface area contributed by atoms with Gasteiger partial charge in [-0.2, -0.15) is 4.31 Å². The fourth-order valence-electron chi connectivity index (χ4n) is 6.49. The highest BCUT2D eigenvalue weighted by atomic mass is 32.2. The number of hydrogen-bond donors (Lipinski definition) is 1. The Balaban J connectivity index is 1.46. The number of benzene rings is 3. The van der Waals surface area contributed by atoms with E-state index in [9.17, 15) is 18.3 Å². The van der Waals surface area contributed by atoms with Crippen LogP contribution in [0.1, 0.15) is 48.8 Å². The maximum absolute atomic E-state index is 14.2. The van der Waals surface area contributed by atoms with Crippen LogP contribution >= 0.6 is 0 Å². The molecule has 3 aromatic carbocycles. The number of nitrogens with zero attached hydrogens (tertiary/aromatic N) is 2. The van der Waals surface area contributed by atoms with Gasteiger partial charge in [0.05, 0.1) is 42.9 Å². The summed E-state index contributed by atoms with van der Waals surface area (Å²) in [4.78, 5) is 14.4. The van der Waals surface area contributed by atoms with Gasteiger partial charge in [-0.05, 0) is 73.7 Å². The predicted octanol–water partition coefficient (Wildman–Crippen LogP) is 5.48. The van der Waals surface area contributed by atoms with Gasteiger partial charge in [-0.1, -0.05) is 42.8 Å². The molecule has 0 saturated carbocycles. The number of anilines is 1. The summed E-state index contributed by atoms with van der Waals surface area (Å²) in [5.74, 6) is -0.313. The average Bonchev–Trinajstić information content (AvgIpc) is 3.07.